The van der Waals surface area contributed by atoms with Crippen LogP contribution in [0.25, 0.3) is 27.8 Å². The highest BCUT2D eigenvalue weighted by Crippen LogP contribution is 2.31. The number of nitrogens with zero attached hydrogens (tertiary/aromatic N) is 1. The van der Waals surface area contributed by atoms with Crippen LogP contribution in [0.2, 0.25) is 0 Å². The molecule has 0 N–H and O–H groups in total. The van der Waals surface area contributed by atoms with Crippen LogP contribution in [0.5, 0.6) is 0 Å². The minimum absolute atomic E-state index is 0.183. The molecule has 0 unspecified atom stereocenters. The van der Waals surface area contributed by atoms with Gasteiger partial charge in [-0.2, -0.15) is 0 Å². The first-order chi connectivity index (χ1) is 15.6. The van der Waals surface area contributed by atoms with Gasteiger partial charge < -0.3 is 4.57 Å². The fourth-order valence-corrected chi connectivity index (χ4v) is 4.11. The molecule has 154 valence electrons. The molecule has 4 aromatic carbocycles. The van der Waals surface area contributed by atoms with E-state index in [9.17, 15) is 9.59 Å². The molecule has 0 aliphatic heterocycles. The summed E-state index contributed by atoms with van der Waals surface area (Å²) >= 11 is 0. The third kappa shape index (κ3) is 3.34. The predicted molar refractivity (Wildman–Crippen MR) is 130 cm³/mol. The number of rotatable bonds is 4. The number of hydrogen-bond donors (Lipinski definition) is 0. The van der Waals surface area contributed by atoms with Gasteiger partial charge in [0.15, 0.2) is 5.78 Å². The standard InChI is InChI=1S/C29H21NO2/c1-20-16-18-22(19-17-20)28(31)26-27(21-10-4-2-5-11-21)30(23-12-6-3-7-13-23)25-15-9-8-14-24(25)29(26)32/h2-19H,1H3. The maximum Gasteiger partial charge on any atom is 0.201 e. The van der Waals surface area contributed by atoms with Crippen LogP contribution in [-0.2, 0) is 0 Å². The van der Waals surface area contributed by atoms with E-state index in [2.05, 4.69) is 0 Å². The second-order valence-electron chi connectivity index (χ2n) is 7.80. The van der Waals surface area contributed by atoms with Gasteiger partial charge in [-0.1, -0.05) is 90.5 Å². The maximum absolute atomic E-state index is 13.8. The summed E-state index contributed by atoms with van der Waals surface area (Å²) in [5.74, 6) is -0.274. The largest absolute Gasteiger partial charge is 0.308 e. The van der Waals surface area contributed by atoms with Crippen molar-refractivity contribution < 1.29 is 4.79 Å². The number of para-hydroxylation sites is 2. The third-order valence-corrected chi connectivity index (χ3v) is 5.68. The molecule has 0 aliphatic rings. The molecule has 0 radical (unpaired) electrons. The van der Waals surface area contributed by atoms with Crippen LogP contribution in [0, 0.1) is 6.92 Å². The average Bonchev–Trinajstić information content (AvgIpc) is 2.85. The minimum atomic E-state index is -0.274. The van der Waals surface area contributed by atoms with Gasteiger partial charge in [0.2, 0.25) is 5.43 Å². The van der Waals surface area contributed by atoms with Crippen LogP contribution in [0.4, 0.5) is 0 Å². The molecule has 1 aromatic heterocycles. The summed E-state index contributed by atoms with van der Waals surface area (Å²) in [6.45, 7) is 1.97. The number of carbonyl (C=O) groups is 1. The number of fused-ring (bicyclic) bond motifs is 1. The van der Waals surface area contributed by atoms with Crippen LogP contribution in [0.1, 0.15) is 21.5 Å². The zero-order valence-corrected chi connectivity index (χ0v) is 17.7. The molecule has 0 spiro atoms. The van der Waals surface area contributed by atoms with Gasteiger partial charge in [0.25, 0.3) is 0 Å². The second kappa shape index (κ2) is 8.12. The molecule has 5 rings (SSSR count). The molecule has 3 nitrogen and oxygen atoms in total. The van der Waals surface area contributed by atoms with Crippen molar-refractivity contribution in [2.45, 2.75) is 6.92 Å². The zero-order chi connectivity index (χ0) is 22.1. The lowest BCUT2D eigenvalue weighted by molar-refractivity contribution is 0.103. The summed E-state index contributed by atoms with van der Waals surface area (Å²) in [7, 11) is 0. The molecule has 0 bridgehead atoms. The van der Waals surface area contributed by atoms with E-state index in [1.165, 1.54) is 0 Å². The van der Waals surface area contributed by atoms with E-state index in [0.717, 1.165) is 22.3 Å². The number of benzene rings is 4. The Hall–Kier alpha value is -4.24. The van der Waals surface area contributed by atoms with Crippen molar-refractivity contribution in [3.05, 3.63) is 136 Å². The summed E-state index contributed by atoms with van der Waals surface area (Å²) in [4.78, 5) is 27.5. The van der Waals surface area contributed by atoms with Crippen LogP contribution in [-0.4, -0.2) is 10.4 Å². The third-order valence-electron chi connectivity index (χ3n) is 5.68. The molecule has 0 amide bonds. The summed E-state index contributed by atoms with van der Waals surface area (Å²) < 4.78 is 2.02. The van der Waals surface area contributed by atoms with Crippen molar-refractivity contribution in [3.63, 3.8) is 0 Å². The Bertz CT molecular complexity index is 1480. The molecule has 1 heterocycles. The Morgan fingerprint density at radius 1 is 0.688 bits per heavy atom. The Labute approximate surface area is 186 Å². The molecule has 3 heteroatoms. The van der Waals surface area contributed by atoms with Crippen molar-refractivity contribution in [2.24, 2.45) is 0 Å². The van der Waals surface area contributed by atoms with Crippen molar-refractivity contribution in [1.82, 2.24) is 4.57 Å². The lowest BCUT2D eigenvalue weighted by Gasteiger charge is -2.21. The fourth-order valence-electron chi connectivity index (χ4n) is 4.11. The van der Waals surface area contributed by atoms with E-state index >= 15 is 0 Å². The first kappa shape index (κ1) is 19.7. The first-order valence-corrected chi connectivity index (χ1v) is 10.5. The van der Waals surface area contributed by atoms with E-state index in [4.69, 9.17) is 0 Å². The highest BCUT2D eigenvalue weighted by molar-refractivity contribution is 6.14. The number of pyridine rings is 1. The maximum atomic E-state index is 13.8. The van der Waals surface area contributed by atoms with Gasteiger partial charge in [-0.3, -0.25) is 9.59 Å². The molecule has 0 saturated heterocycles. The van der Waals surface area contributed by atoms with Crippen LogP contribution in [0.3, 0.4) is 0 Å². The van der Waals surface area contributed by atoms with Gasteiger partial charge in [-0.15, -0.1) is 0 Å². The van der Waals surface area contributed by atoms with Crippen molar-refractivity contribution >= 4 is 16.7 Å². The quantitative estimate of drug-likeness (QED) is 0.328. The van der Waals surface area contributed by atoms with Gasteiger partial charge in [-0.05, 0) is 36.8 Å². The van der Waals surface area contributed by atoms with E-state index in [1.807, 2.05) is 102 Å². The van der Waals surface area contributed by atoms with E-state index in [0.29, 0.717) is 16.6 Å². The molecule has 0 saturated carbocycles. The van der Waals surface area contributed by atoms with Crippen LogP contribution >= 0.6 is 0 Å². The summed E-state index contributed by atoms with van der Waals surface area (Å²) in [6.07, 6.45) is 0. The summed E-state index contributed by atoms with van der Waals surface area (Å²) in [6, 6.07) is 34.3. The van der Waals surface area contributed by atoms with Gasteiger partial charge in [0, 0.05) is 16.6 Å². The zero-order valence-electron chi connectivity index (χ0n) is 17.7. The van der Waals surface area contributed by atoms with Gasteiger partial charge in [0.1, 0.15) is 0 Å². The van der Waals surface area contributed by atoms with Crippen LogP contribution in [0.15, 0.2) is 114 Å². The van der Waals surface area contributed by atoms with Gasteiger partial charge in [-0.25, -0.2) is 0 Å². The van der Waals surface area contributed by atoms with Gasteiger partial charge >= 0.3 is 0 Å². The SMILES string of the molecule is Cc1ccc(C(=O)c2c(-c3ccccc3)n(-c3ccccc3)c3ccccc3c2=O)cc1. The predicted octanol–water partition coefficient (Wildman–Crippen LogP) is 6.20. The molecule has 0 fully saturated rings. The lowest BCUT2D eigenvalue weighted by Crippen LogP contribution is -2.22. The van der Waals surface area contributed by atoms with Gasteiger partial charge in [0.05, 0.1) is 16.8 Å². The summed E-state index contributed by atoms with van der Waals surface area (Å²) in [5.41, 5.74) is 4.56. The molecule has 0 atom stereocenters. The molecular formula is C29H21NO2. The smallest absolute Gasteiger partial charge is 0.201 e. The highest BCUT2D eigenvalue weighted by atomic mass is 16.1. The number of aromatic nitrogens is 1. The van der Waals surface area contributed by atoms with E-state index in [1.54, 1.807) is 18.2 Å². The van der Waals surface area contributed by atoms with Crippen molar-refractivity contribution in [1.29, 1.82) is 0 Å². The van der Waals surface area contributed by atoms with Crippen LogP contribution < -0.4 is 5.43 Å². The topological polar surface area (TPSA) is 39.1 Å². The Morgan fingerprint density at radius 2 is 1.28 bits per heavy atom. The molecule has 5 aromatic rings. The molecule has 0 aliphatic carbocycles. The number of hydrogen-bond acceptors (Lipinski definition) is 2. The summed E-state index contributed by atoms with van der Waals surface area (Å²) in [5, 5.41) is 0.520. The minimum Gasteiger partial charge on any atom is -0.308 e. The number of ketones is 1. The fraction of sp³-hybridized carbons (Fsp3) is 0.0345. The molecular weight excluding hydrogens is 394 g/mol. The molecule has 32 heavy (non-hydrogen) atoms. The second-order valence-corrected chi connectivity index (χ2v) is 7.80. The lowest BCUT2D eigenvalue weighted by atomic mass is 9.94. The Kier molecular flexibility index (Phi) is 5.00. The van der Waals surface area contributed by atoms with E-state index in [-0.39, 0.29) is 16.8 Å². The normalized spacial score (nSPS) is 10.9. The highest BCUT2D eigenvalue weighted by Gasteiger charge is 2.25. The van der Waals surface area contributed by atoms with Crippen molar-refractivity contribution in [3.8, 4) is 16.9 Å². The van der Waals surface area contributed by atoms with Crippen molar-refractivity contribution in [2.75, 3.05) is 0 Å². The van der Waals surface area contributed by atoms with E-state index < -0.39 is 0 Å². The Balaban J connectivity index is 1.95. The Morgan fingerprint density at radius 3 is 1.97 bits per heavy atom. The number of carbonyl (C=O) groups excluding carboxylic acids is 1. The monoisotopic (exact) mass is 415 g/mol. The number of aryl methyl sites for hydroxylation is 1. The first-order valence-electron chi connectivity index (χ1n) is 10.5. The average molecular weight is 415 g/mol.